The maximum Gasteiger partial charge on any atom is 0.231 e. The number of fused-ring (bicyclic) bond motifs is 3. The van der Waals surface area contributed by atoms with Crippen LogP contribution in [0.25, 0.3) is 6.08 Å². The van der Waals surface area contributed by atoms with Gasteiger partial charge in [-0.15, -0.1) is 0 Å². The Labute approximate surface area is 167 Å². The molecule has 0 N–H and O–H groups in total. The van der Waals surface area contributed by atoms with Gasteiger partial charge in [0.2, 0.25) is 5.78 Å². The molecule has 2 aliphatic heterocycles. The van der Waals surface area contributed by atoms with Crippen LogP contribution in [-0.4, -0.2) is 37.7 Å². The van der Waals surface area contributed by atoms with Crippen molar-refractivity contribution in [2.45, 2.75) is 6.54 Å². The third-order valence-corrected chi connectivity index (χ3v) is 5.27. The van der Waals surface area contributed by atoms with Crippen LogP contribution in [0, 0.1) is 0 Å². The summed E-state index contributed by atoms with van der Waals surface area (Å²) in [6, 6.07) is 8.74. The van der Waals surface area contributed by atoms with Crippen molar-refractivity contribution in [3.63, 3.8) is 0 Å². The molecule has 0 fully saturated rings. The van der Waals surface area contributed by atoms with Crippen LogP contribution >= 0.6 is 23.2 Å². The number of ether oxygens (including phenoxy) is 3. The lowest BCUT2D eigenvalue weighted by molar-refractivity contribution is 0.0646. The molecule has 0 radical (unpaired) electrons. The van der Waals surface area contributed by atoms with Crippen LogP contribution in [0.3, 0.4) is 0 Å². The van der Waals surface area contributed by atoms with Crippen molar-refractivity contribution in [3.8, 4) is 11.5 Å². The summed E-state index contributed by atoms with van der Waals surface area (Å²) in [5.41, 5.74) is 2.16. The number of halogens is 2. The summed E-state index contributed by atoms with van der Waals surface area (Å²) in [6.07, 6.45) is 1.67. The topological polar surface area (TPSA) is 48.0 Å². The molecule has 27 heavy (non-hydrogen) atoms. The minimum Gasteiger partial charge on any atom is -0.478 e. The Kier molecular flexibility index (Phi) is 5.10. The van der Waals surface area contributed by atoms with E-state index >= 15 is 0 Å². The second kappa shape index (κ2) is 7.52. The number of carbonyl (C=O) groups is 1. The van der Waals surface area contributed by atoms with Crippen molar-refractivity contribution in [2.75, 3.05) is 27.0 Å². The van der Waals surface area contributed by atoms with Gasteiger partial charge in [-0.25, -0.2) is 0 Å². The monoisotopic (exact) mass is 405 g/mol. The molecule has 0 aliphatic carbocycles. The van der Waals surface area contributed by atoms with E-state index in [-0.39, 0.29) is 11.5 Å². The zero-order chi connectivity index (χ0) is 19.0. The van der Waals surface area contributed by atoms with E-state index in [1.165, 1.54) is 0 Å². The highest BCUT2D eigenvalue weighted by Crippen LogP contribution is 2.42. The SMILES string of the molecule is COCCN1COc2ccc3c(c2C1)O/C(=C\c1ccc(Cl)c(Cl)c1)C3=O. The average molecular weight is 406 g/mol. The quantitative estimate of drug-likeness (QED) is 0.705. The molecule has 0 amide bonds. The molecule has 140 valence electrons. The summed E-state index contributed by atoms with van der Waals surface area (Å²) in [4.78, 5) is 14.9. The summed E-state index contributed by atoms with van der Waals surface area (Å²) >= 11 is 12.0. The van der Waals surface area contributed by atoms with E-state index in [0.29, 0.717) is 41.2 Å². The van der Waals surface area contributed by atoms with Gasteiger partial charge in [0.1, 0.15) is 18.2 Å². The van der Waals surface area contributed by atoms with E-state index in [0.717, 1.165) is 23.4 Å². The second-order valence-corrected chi connectivity index (χ2v) is 7.17. The van der Waals surface area contributed by atoms with E-state index in [2.05, 4.69) is 4.90 Å². The number of carbonyl (C=O) groups excluding carboxylic acids is 1. The highest BCUT2D eigenvalue weighted by atomic mass is 35.5. The lowest BCUT2D eigenvalue weighted by Gasteiger charge is -2.29. The van der Waals surface area contributed by atoms with Crippen LogP contribution in [0.5, 0.6) is 11.5 Å². The molecule has 4 rings (SSSR count). The van der Waals surface area contributed by atoms with Gasteiger partial charge in [-0.05, 0) is 35.9 Å². The van der Waals surface area contributed by atoms with Gasteiger partial charge in [0.15, 0.2) is 5.76 Å². The Morgan fingerprint density at radius 3 is 2.85 bits per heavy atom. The first-order valence-electron chi connectivity index (χ1n) is 8.46. The second-order valence-electron chi connectivity index (χ2n) is 6.35. The maximum atomic E-state index is 12.8. The van der Waals surface area contributed by atoms with E-state index in [9.17, 15) is 4.79 Å². The van der Waals surface area contributed by atoms with Crippen molar-refractivity contribution in [1.82, 2.24) is 4.90 Å². The number of methoxy groups -OCH3 is 1. The van der Waals surface area contributed by atoms with Gasteiger partial charge in [-0.2, -0.15) is 0 Å². The van der Waals surface area contributed by atoms with Gasteiger partial charge >= 0.3 is 0 Å². The van der Waals surface area contributed by atoms with Gasteiger partial charge in [-0.3, -0.25) is 9.69 Å². The van der Waals surface area contributed by atoms with E-state index in [1.54, 1.807) is 37.5 Å². The summed E-state index contributed by atoms with van der Waals surface area (Å²) in [6.45, 7) is 2.46. The number of nitrogens with zero attached hydrogens (tertiary/aromatic N) is 1. The van der Waals surface area contributed by atoms with Crippen molar-refractivity contribution in [3.05, 3.63) is 62.8 Å². The summed E-state index contributed by atoms with van der Waals surface area (Å²) in [5, 5.41) is 0.886. The minimum absolute atomic E-state index is 0.159. The molecule has 0 aromatic heterocycles. The molecule has 7 heteroatoms. The zero-order valence-corrected chi connectivity index (χ0v) is 16.1. The van der Waals surface area contributed by atoms with Crippen molar-refractivity contribution in [1.29, 1.82) is 0 Å². The maximum absolute atomic E-state index is 12.8. The molecular weight excluding hydrogens is 389 g/mol. The number of benzene rings is 2. The van der Waals surface area contributed by atoms with Crippen LogP contribution in [-0.2, 0) is 11.3 Å². The smallest absolute Gasteiger partial charge is 0.231 e. The normalized spacial score (nSPS) is 17.4. The average Bonchev–Trinajstić information content (AvgIpc) is 2.99. The predicted octanol–water partition coefficient (Wildman–Crippen LogP) is 4.41. The molecule has 0 bridgehead atoms. The van der Waals surface area contributed by atoms with Crippen LogP contribution in [0.1, 0.15) is 21.5 Å². The standard InChI is InChI=1S/C20H17Cl2NO4/c1-25-7-6-23-10-14-17(26-11-23)5-3-13-19(24)18(27-20(13)14)9-12-2-4-15(21)16(22)8-12/h2-5,8-9H,6-7,10-11H2,1H3/b18-9-. The number of ketones is 1. The lowest BCUT2D eigenvalue weighted by atomic mass is 10.0. The molecule has 0 saturated carbocycles. The summed E-state index contributed by atoms with van der Waals surface area (Å²) < 4.78 is 16.9. The highest BCUT2D eigenvalue weighted by Gasteiger charge is 2.33. The van der Waals surface area contributed by atoms with Crippen molar-refractivity contribution >= 4 is 35.1 Å². The Hall–Kier alpha value is -2.05. The molecule has 5 nitrogen and oxygen atoms in total. The van der Waals surface area contributed by atoms with Crippen LogP contribution in [0.4, 0.5) is 0 Å². The first-order valence-corrected chi connectivity index (χ1v) is 9.21. The van der Waals surface area contributed by atoms with Gasteiger partial charge < -0.3 is 14.2 Å². The highest BCUT2D eigenvalue weighted by molar-refractivity contribution is 6.42. The predicted molar refractivity (Wildman–Crippen MR) is 104 cm³/mol. The number of allylic oxidation sites excluding steroid dienone is 1. The third kappa shape index (κ3) is 3.56. The minimum atomic E-state index is -0.159. The van der Waals surface area contributed by atoms with Gasteiger partial charge in [0.05, 0.1) is 27.8 Å². The molecule has 2 aromatic carbocycles. The summed E-state index contributed by atoms with van der Waals surface area (Å²) in [5.74, 6) is 1.40. The molecule has 0 spiro atoms. The molecule has 0 unspecified atom stereocenters. The van der Waals surface area contributed by atoms with E-state index < -0.39 is 0 Å². The Morgan fingerprint density at radius 1 is 1.22 bits per heavy atom. The zero-order valence-electron chi connectivity index (χ0n) is 14.6. The van der Waals surface area contributed by atoms with E-state index in [1.807, 2.05) is 6.07 Å². The molecule has 0 atom stereocenters. The first kappa shape index (κ1) is 18.3. The van der Waals surface area contributed by atoms with Gasteiger partial charge in [-0.1, -0.05) is 29.3 Å². The Bertz CT molecular complexity index is 942. The van der Waals surface area contributed by atoms with Crippen LogP contribution in [0.2, 0.25) is 10.0 Å². The van der Waals surface area contributed by atoms with Crippen molar-refractivity contribution in [2.24, 2.45) is 0 Å². The fraction of sp³-hybridized carbons (Fsp3) is 0.250. The number of hydrogen-bond donors (Lipinski definition) is 0. The Balaban J connectivity index is 1.64. The van der Waals surface area contributed by atoms with Crippen molar-refractivity contribution < 1.29 is 19.0 Å². The first-order chi connectivity index (χ1) is 13.1. The van der Waals surface area contributed by atoms with E-state index in [4.69, 9.17) is 37.4 Å². The van der Waals surface area contributed by atoms with Crippen LogP contribution in [0.15, 0.2) is 36.1 Å². The van der Waals surface area contributed by atoms with Gasteiger partial charge in [0.25, 0.3) is 0 Å². The van der Waals surface area contributed by atoms with Gasteiger partial charge in [0, 0.05) is 20.2 Å². The largest absolute Gasteiger partial charge is 0.478 e. The molecular formula is C20H17Cl2NO4. The molecule has 2 aliphatic rings. The Morgan fingerprint density at radius 2 is 2.07 bits per heavy atom. The number of hydrogen-bond acceptors (Lipinski definition) is 5. The molecule has 2 aromatic rings. The lowest BCUT2D eigenvalue weighted by Crippen LogP contribution is -2.34. The fourth-order valence-electron chi connectivity index (χ4n) is 3.12. The molecule has 0 saturated heterocycles. The molecule has 2 heterocycles. The summed E-state index contributed by atoms with van der Waals surface area (Å²) in [7, 11) is 1.66. The fourth-order valence-corrected chi connectivity index (χ4v) is 3.43. The van der Waals surface area contributed by atoms with Crippen LogP contribution < -0.4 is 9.47 Å². The third-order valence-electron chi connectivity index (χ3n) is 4.54. The number of rotatable bonds is 4. The number of Topliss-reactive ketones (excluding diaryl/α,β-unsaturated/α-hetero) is 1.